The zero-order valence-corrected chi connectivity index (χ0v) is 12.3. The molecule has 0 spiro atoms. The Balaban J connectivity index is 2.17. The SMILES string of the molecule is N#CC(C#N)=C1C=CC(=NN=C2C=CC(=C(C#N)C#N)C=C2)C=C1. The van der Waals surface area contributed by atoms with Crippen LogP contribution < -0.4 is 0 Å². The molecule has 6 heteroatoms. The summed E-state index contributed by atoms with van der Waals surface area (Å²) >= 11 is 0. The second-order valence-electron chi connectivity index (χ2n) is 4.49. The quantitative estimate of drug-likeness (QED) is 0.546. The third-order valence-electron chi connectivity index (χ3n) is 3.04. The van der Waals surface area contributed by atoms with Crippen LogP contribution >= 0.6 is 0 Å². The minimum absolute atomic E-state index is 0.0381. The van der Waals surface area contributed by atoms with E-state index < -0.39 is 0 Å². The minimum Gasteiger partial charge on any atom is -0.192 e. The fraction of sp³-hybridized carbons (Fsp3) is 0. The van der Waals surface area contributed by atoms with E-state index in [1.54, 1.807) is 48.6 Å². The first-order chi connectivity index (χ1) is 11.7. The maximum Gasteiger partial charge on any atom is 0.136 e. The topological polar surface area (TPSA) is 120 Å². The highest BCUT2D eigenvalue weighted by Crippen LogP contribution is 2.13. The van der Waals surface area contributed by atoms with Crippen molar-refractivity contribution in [1.29, 1.82) is 21.0 Å². The van der Waals surface area contributed by atoms with Crippen LogP contribution in [0.2, 0.25) is 0 Å². The Kier molecular flexibility index (Phi) is 5.15. The molecule has 0 aromatic carbocycles. The molecule has 0 fully saturated rings. The van der Waals surface area contributed by atoms with Gasteiger partial charge in [0.15, 0.2) is 0 Å². The smallest absolute Gasteiger partial charge is 0.136 e. The average Bonchev–Trinajstić information content (AvgIpc) is 2.64. The van der Waals surface area contributed by atoms with Crippen molar-refractivity contribution in [2.75, 3.05) is 0 Å². The normalized spacial score (nSPS) is 14.3. The third kappa shape index (κ3) is 3.68. The van der Waals surface area contributed by atoms with Crippen LogP contribution in [0.4, 0.5) is 0 Å². The number of rotatable bonds is 1. The molecule has 2 aliphatic carbocycles. The van der Waals surface area contributed by atoms with Gasteiger partial charge in [-0.2, -0.15) is 31.3 Å². The number of hydrogen-bond acceptors (Lipinski definition) is 6. The van der Waals surface area contributed by atoms with Crippen LogP contribution in [0, 0.1) is 45.3 Å². The molecule has 0 radical (unpaired) electrons. The third-order valence-corrected chi connectivity index (χ3v) is 3.04. The fourth-order valence-corrected chi connectivity index (χ4v) is 1.81. The van der Waals surface area contributed by atoms with Gasteiger partial charge in [0.2, 0.25) is 0 Å². The summed E-state index contributed by atoms with van der Waals surface area (Å²) in [7, 11) is 0. The first kappa shape index (κ1) is 16.1. The molecule has 0 aromatic rings. The van der Waals surface area contributed by atoms with E-state index in [-0.39, 0.29) is 11.1 Å². The molecule has 0 N–H and O–H groups in total. The van der Waals surface area contributed by atoms with Crippen molar-refractivity contribution in [2.24, 2.45) is 10.2 Å². The van der Waals surface area contributed by atoms with Crippen LogP contribution in [0.25, 0.3) is 0 Å². The second-order valence-corrected chi connectivity index (χ2v) is 4.49. The number of nitriles is 4. The molecule has 0 bridgehead atoms. The molecule has 0 saturated heterocycles. The second kappa shape index (κ2) is 7.66. The Morgan fingerprint density at radius 2 is 0.833 bits per heavy atom. The maximum atomic E-state index is 8.80. The van der Waals surface area contributed by atoms with Crippen molar-refractivity contribution in [3.63, 3.8) is 0 Å². The van der Waals surface area contributed by atoms with E-state index in [2.05, 4.69) is 10.2 Å². The van der Waals surface area contributed by atoms with Crippen LogP contribution in [0.3, 0.4) is 0 Å². The van der Waals surface area contributed by atoms with E-state index in [9.17, 15) is 0 Å². The summed E-state index contributed by atoms with van der Waals surface area (Å²) in [6.45, 7) is 0. The van der Waals surface area contributed by atoms with Crippen LogP contribution in [0.15, 0.2) is 81.1 Å². The van der Waals surface area contributed by atoms with Crippen LogP contribution in [-0.4, -0.2) is 11.4 Å². The summed E-state index contributed by atoms with van der Waals surface area (Å²) in [6, 6.07) is 7.29. The minimum atomic E-state index is 0.0381. The average molecular weight is 308 g/mol. The lowest BCUT2D eigenvalue weighted by Gasteiger charge is -2.03. The van der Waals surface area contributed by atoms with Crippen molar-refractivity contribution in [3.8, 4) is 24.3 Å². The highest BCUT2D eigenvalue weighted by molar-refractivity contribution is 6.09. The van der Waals surface area contributed by atoms with E-state index in [0.29, 0.717) is 22.6 Å². The largest absolute Gasteiger partial charge is 0.192 e. The van der Waals surface area contributed by atoms with Crippen LogP contribution in [-0.2, 0) is 0 Å². The van der Waals surface area contributed by atoms with E-state index in [1.807, 2.05) is 24.3 Å². The van der Waals surface area contributed by atoms with Gasteiger partial charge in [-0.05, 0) is 24.3 Å². The molecule has 0 unspecified atom stereocenters. The summed E-state index contributed by atoms with van der Waals surface area (Å²) in [5.74, 6) is 0. The van der Waals surface area contributed by atoms with Crippen LogP contribution in [0.5, 0.6) is 0 Å². The molecule has 0 heterocycles. The predicted molar refractivity (Wildman–Crippen MR) is 87.9 cm³/mol. The summed E-state index contributed by atoms with van der Waals surface area (Å²) in [5.41, 5.74) is 2.27. The highest BCUT2D eigenvalue weighted by atomic mass is 15.2. The van der Waals surface area contributed by atoms with Gasteiger partial charge in [-0.25, -0.2) is 0 Å². The van der Waals surface area contributed by atoms with Crippen LogP contribution in [0.1, 0.15) is 0 Å². The molecular formula is C18H8N6. The van der Waals surface area contributed by atoms with E-state index in [0.717, 1.165) is 0 Å². The Morgan fingerprint density at radius 1 is 0.542 bits per heavy atom. The van der Waals surface area contributed by atoms with Gasteiger partial charge in [0, 0.05) is 11.1 Å². The monoisotopic (exact) mass is 308 g/mol. The fourth-order valence-electron chi connectivity index (χ4n) is 1.81. The van der Waals surface area contributed by atoms with Gasteiger partial charge in [-0.3, -0.25) is 0 Å². The standard InChI is InChI=1S/C18H8N6/c19-9-15(10-20)13-1-5-17(6-2-13)23-24-18-7-3-14(4-8-18)16(11-21)12-22/h1-8H. The molecule has 0 aromatic heterocycles. The highest BCUT2D eigenvalue weighted by Gasteiger charge is 2.06. The van der Waals surface area contributed by atoms with Gasteiger partial charge in [0.1, 0.15) is 35.4 Å². The molecule has 24 heavy (non-hydrogen) atoms. The first-order valence-corrected chi connectivity index (χ1v) is 6.68. The molecule has 6 nitrogen and oxygen atoms in total. The van der Waals surface area contributed by atoms with Gasteiger partial charge >= 0.3 is 0 Å². The van der Waals surface area contributed by atoms with Gasteiger partial charge in [0.25, 0.3) is 0 Å². The van der Waals surface area contributed by atoms with Gasteiger partial charge in [0.05, 0.1) is 11.4 Å². The van der Waals surface area contributed by atoms with Gasteiger partial charge < -0.3 is 0 Å². The Bertz CT molecular complexity index is 830. The van der Waals surface area contributed by atoms with Crippen molar-refractivity contribution in [2.45, 2.75) is 0 Å². The summed E-state index contributed by atoms with van der Waals surface area (Å²) in [4.78, 5) is 0. The van der Waals surface area contributed by atoms with E-state index >= 15 is 0 Å². The zero-order chi connectivity index (χ0) is 17.4. The van der Waals surface area contributed by atoms with Crippen molar-refractivity contribution in [3.05, 3.63) is 70.9 Å². The molecule has 2 rings (SSSR count). The summed E-state index contributed by atoms with van der Waals surface area (Å²) in [5, 5.41) is 43.3. The molecule has 0 saturated carbocycles. The lowest BCUT2D eigenvalue weighted by molar-refractivity contribution is 1.24. The number of allylic oxidation sites excluding steroid dienone is 12. The first-order valence-electron chi connectivity index (χ1n) is 6.68. The Labute approximate surface area is 138 Å². The molecule has 2 aliphatic rings. The van der Waals surface area contributed by atoms with Crippen molar-refractivity contribution in [1.82, 2.24) is 0 Å². The number of hydrogen-bond donors (Lipinski definition) is 0. The van der Waals surface area contributed by atoms with Crippen molar-refractivity contribution < 1.29 is 0 Å². The van der Waals surface area contributed by atoms with Gasteiger partial charge in [-0.1, -0.05) is 24.3 Å². The lowest BCUT2D eigenvalue weighted by Crippen LogP contribution is -1.97. The van der Waals surface area contributed by atoms with Gasteiger partial charge in [-0.15, -0.1) is 0 Å². The molecule has 0 amide bonds. The Morgan fingerprint density at radius 3 is 1.08 bits per heavy atom. The van der Waals surface area contributed by atoms with E-state index in [1.165, 1.54) is 0 Å². The molecule has 110 valence electrons. The maximum absolute atomic E-state index is 8.80. The zero-order valence-electron chi connectivity index (χ0n) is 12.3. The number of nitrogens with zero attached hydrogens (tertiary/aromatic N) is 6. The predicted octanol–water partition coefficient (Wildman–Crippen LogP) is 2.72. The Hall–Kier alpha value is -4.26. The summed E-state index contributed by atoms with van der Waals surface area (Å²) < 4.78 is 0. The van der Waals surface area contributed by atoms with Crippen molar-refractivity contribution >= 4 is 11.4 Å². The molecule has 0 atom stereocenters. The van der Waals surface area contributed by atoms with E-state index in [4.69, 9.17) is 21.0 Å². The molecule has 0 aliphatic heterocycles. The summed E-state index contributed by atoms with van der Waals surface area (Å²) in [6.07, 6.45) is 13.1. The molecular weight excluding hydrogens is 300 g/mol. The lowest BCUT2D eigenvalue weighted by atomic mass is 10.0.